The number of nitrogens with two attached hydrogens (primary N) is 1. The Bertz CT molecular complexity index is 376. The van der Waals surface area contributed by atoms with Crippen LogP contribution in [-0.4, -0.2) is 7.11 Å². The van der Waals surface area contributed by atoms with E-state index in [4.69, 9.17) is 22.1 Å². The number of ether oxygens (including phenoxy) is 1. The molecule has 0 fully saturated rings. The Balaban J connectivity index is 2.84. The summed E-state index contributed by atoms with van der Waals surface area (Å²) in [5, 5.41) is 0.682. The summed E-state index contributed by atoms with van der Waals surface area (Å²) >= 11 is 5.95. The first kappa shape index (κ1) is 13.1. The molecule has 3 heteroatoms. The van der Waals surface area contributed by atoms with Crippen molar-refractivity contribution >= 4 is 11.6 Å². The van der Waals surface area contributed by atoms with E-state index < -0.39 is 0 Å². The molecule has 2 nitrogen and oxygen atoms in total. The van der Waals surface area contributed by atoms with Crippen molar-refractivity contribution in [1.29, 1.82) is 0 Å². The third-order valence-corrected chi connectivity index (χ3v) is 2.71. The van der Waals surface area contributed by atoms with Crippen LogP contribution in [-0.2, 0) is 0 Å². The van der Waals surface area contributed by atoms with Crippen LogP contribution < -0.4 is 10.5 Å². The van der Waals surface area contributed by atoms with Gasteiger partial charge in [0.1, 0.15) is 5.75 Å². The molecule has 0 aliphatic carbocycles. The maximum Gasteiger partial charge on any atom is 0.123 e. The van der Waals surface area contributed by atoms with Gasteiger partial charge in [-0.3, -0.25) is 0 Å². The molecule has 1 unspecified atom stereocenters. The summed E-state index contributed by atoms with van der Waals surface area (Å²) in [6.45, 7) is 5.87. The van der Waals surface area contributed by atoms with Crippen LogP contribution in [0.2, 0.25) is 5.02 Å². The van der Waals surface area contributed by atoms with Crippen molar-refractivity contribution in [3.8, 4) is 5.75 Å². The second kappa shape index (κ2) is 5.92. The molecule has 1 aromatic carbocycles. The summed E-state index contributed by atoms with van der Waals surface area (Å²) in [5.74, 6) is 0.790. The first-order valence-electron chi connectivity index (χ1n) is 5.28. The molecule has 0 radical (unpaired) electrons. The Morgan fingerprint density at radius 3 is 2.81 bits per heavy atom. The third-order valence-electron chi connectivity index (χ3n) is 2.47. The van der Waals surface area contributed by atoms with Crippen LogP contribution in [0.5, 0.6) is 5.75 Å². The van der Waals surface area contributed by atoms with Crippen molar-refractivity contribution in [1.82, 2.24) is 0 Å². The van der Waals surface area contributed by atoms with Gasteiger partial charge in [0.2, 0.25) is 0 Å². The number of halogens is 1. The summed E-state index contributed by atoms with van der Waals surface area (Å²) in [5.41, 5.74) is 8.20. The largest absolute Gasteiger partial charge is 0.496 e. The fourth-order valence-corrected chi connectivity index (χ4v) is 1.73. The standard InChI is InChI=1S/C13H18ClNO/c1-9(2)4-6-12(15)11-8-10(14)5-7-13(11)16-3/h5,7-8,12H,1,4,6,15H2,2-3H3. The third kappa shape index (κ3) is 3.54. The second-order valence-corrected chi connectivity index (χ2v) is 4.42. The van der Waals surface area contributed by atoms with Crippen molar-refractivity contribution in [2.24, 2.45) is 5.73 Å². The molecule has 0 aromatic heterocycles. The highest BCUT2D eigenvalue weighted by atomic mass is 35.5. The molecule has 0 saturated carbocycles. The van der Waals surface area contributed by atoms with Crippen LogP contribution in [0.3, 0.4) is 0 Å². The average Bonchev–Trinajstić information content (AvgIpc) is 2.25. The minimum Gasteiger partial charge on any atom is -0.496 e. The van der Waals surface area contributed by atoms with Gasteiger partial charge < -0.3 is 10.5 Å². The lowest BCUT2D eigenvalue weighted by molar-refractivity contribution is 0.404. The van der Waals surface area contributed by atoms with Gasteiger partial charge in [0.15, 0.2) is 0 Å². The fraction of sp³-hybridized carbons (Fsp3) is 0.385. The van der Waals surface area contributed by atoms with Crippen molar-refractivity contribution in [2.45, 2.75) is 25.8 Å². The predicted octanol–water partition coefficient (Wildman–Crippen LogP) is 3.70. The number of rotatable bonds is 5. The number of methoxy groups -OCH3 is 1. The van der Waals surface area contributed by atoms with Crippen molar-refractivity contribution < 1.29 is 4.74 Å². The van der Waals surface area contributed by atoms with E-state index in [-0.39, 0.29) is 6.04 Å². The van der Waals surface area contributed by atoms with Gasteiger partial charge in [-0.2, -0.15) is 0 Å². The number of allylic oxidation sites excluding steroid dienone is 1. The Kier molecular flexibility index (Phi) is 4.84. The lowest BCUT2D eigenvalue weighted by Crippen LogP contribution is -2.11. The molecule has 0 bridgehead atoms. The average molecular weight is 240 g/mol. The van der Waals surface area contributed by atoms with Crippen LogP contribution in [0, 0.1) is 0 Å². The highest BCUT2D eigenvalue weighted by Gasteiger charge is 2.12. The molecular weight excluding hydrogens is 222 g/mol. The lowest BCUT2D eigenvalue weighted by atomic mass is 10.00. The van der Waals surface area contributed by atoms with Gasteiger partial charge in [0.05, 0.1) is 7.11 Å². The van der Waals surface area contributed by atoms with E-state index in [0.29, 0.717) is 5.02 Å². The van der Waals surface area contributed by atoms with E-state index in [2.05, 4.69) is 6.58 Å². The van der Waals surface area contributed by atoms with Crippen LogP contribution in [0.25, 0.3) is 0 Å². The van der Waals surface area contributed by atoms with E-state index in [0.717, 1.165) is 29.7 Å². The summed E-state index contributed by atoms with van der Waals surface area (Å²) in [6, 6.07) is 5.45. The summed E-state index contributed by atoms with van der Waals surface area (Å²) in [7, 11) is 1.64. The number of hydrogen-bond donors (Lipinski definition) is 1. The number of hydrogen-bond acceptors (Lipinski definition) is 2. The van der Waals surface area contributed by atoms with Gasteiger partial charge >= 0.3 is 0 Å². The maximum absolute atomic E-state index is 6.11. The molecular formula is C13H18ClNO. The first-order valence-corrected chi connectivity index (χ1v) is 5.65. The highest BCUT2D eigenvalue weighted by Crippen LogP contribution is 2.29. The molecule has 16 heavy (non-hydrogen) atoms. The quantitative estimate of drug-likeness (QED) is 0.796. The Morgan fingerprint density at radius 2 is 2.25 bits per heavy atom. The van der Waals surface area contributed by atoms with Crippen LogP contribution in [0.15, 0.2) is 30.4 Å². The van der Waals surface area contributed by atoms with E-state index >= 15 is 0 Å². The Hall–Kier alpha value is -0.990. The van der Waals surface area contributed by atoms with E-state index in [9.17, 15) is 0 Å². The molecule has 88 valence electrons. The second-order valence-electron chi connectivity index (χ2n) is 3.99. The molecule has 0 spiro atoms. The minimum absolute atomic E-state index is 0.0645. The van der Waals surface area contributed by atoms with Crippen molar-refractivity contribution in [2.75, 3.05) is 7.11 Å². The van der Waals surface area contributed by atoms with Gasteiger partial charge in [-0.05, 0) is 38.0 Å². The summed E-state index contributed by atoms with van der Waals surface area (Å²) in [4.78, 5) is 0. The summed E-state index contributed by atoms with van der Waals surface area (Å²) in [6.07, 6.45) is 1.77. The Labute approximate surface area is 102 Å². The molecule has 1 atom stereocenters. The SMILES string of the molecule is C=C(C)CCC(N)c1cc(Cl)ccc1OC. The highest BCUT2D eigenvalue weighted by molar-refractivity contribution is 6.30. The van der Waals surface area contributed by atoms with Gasteiger partial charge in [0.25, 0.3) is 0 Å². The monoisotopic (exact) mass is 239 g/mol. The van der Waals surface area contributed by atoms with E-state index in [1.807, 2.05) is 19.1 Å². The van der Waals surface area contributed by atoms with Crippen LogP contribution >= 0.6 is 11.6 Å². The van der Waals surface area contributed by atoms with Gasteiger partial charge in [0, 0.05) is 16.6 Å². The zero-order valence-corrected chi connectivity index (χ0v) is 10.6. The van der Waals surface area contributed by atoms with Crippen molar-refractivity contribution in [3.05, 3.63) is 40.9 Å². The lowest BCUT2D eigenvalue weighted by Gasteiger charge is -2.16. The topological polar surface area (TPSA) is 35.2 Å². The summed E-state index contributed by atoms with van der Waals surface area (Å²) < 4.78 is 5.27. The molecule has 0 amide bonds. The molecule has 2 N–H and O–H groups in total. The van der Waals surface area contributed by atoms with Crippen LogP contribution in [0.4, 0.5) is 0 Å². The van der Waals surface area contributed by atoms with Gasteiger partial charge in [-0.1, -0.05) is 17.2 Å². The fourth-order valence-electron chi connectivity index (χ4n) is 1.55. The van der Waals surface area contributed by atoms with Crippen molar-refractivity contribution in [3.63, 3.8) is 0 Å². The first-order chi connectivity index (χ1) is 7.54. The predicted molar refractivity (Wildman–Crippen MR) is 69.0 cm³/mol. The van der Waals surface area contributed by atoms with E-state index in [1.165, 1.54) is 0 Å². The molecule has 0 heterocycles. The van der Waals surface area contributed by atoms with Gasteiger partial charge in [-0.15, -0.1) is 6.58 Å². The minimum atomic E-state index is -0.0645. The van der Waals surface area contributed by atoms with Gasteiger partial charge in [-0.25, -0.2) is 0 Å². The van der Waals surface area contributed by atoms with Crippen LogP contribution in [0.1, 0.15) is 31.4 Å². The molecule has 1 rings (SSSR count). The zero-order valence-electron chi connectivity index (χ0n) is 9.79. The zero-order chi connectivity index (χ0) is 12.1. The molecule has 0 aliphatic rings. The number of benzene rings is 1. The molecule has 1 aromatic rings. The molecule has 0 saturated heterocycles. The normalized spacial score (nSPS) is 12.2. The van der Waals surface area contributed by atoms with E-state index in [1.54, 1.807) is 13.2 Å². The Morgan fingerprint density at radius 1 is 1.56 bits per heavy atom. The maximum atomic E-state index is 6.11. The smallest absolute Gasteiger partial charge is 0.123 e. The molecule has 0 aliphatic heterocycles.